The Hall–Kier alpha value is -1.74. The lowest BCUT2D eigenvalue weighted by Gasteiger charge is -2.36. The zero-order valence-electron chi connectivity index (χ0n) is 16.6. The van der Waals surface area contributed by atoms with Crippen LogP contribution in [0.15, 0.2) is 24.3 Å². The van der Waals surface area contributed by atoms with E-state index < -0.39 is 5.91 Å². The average Bonchev–Trinajstić information content (AvgIpc) is 3.49. The molecule has 2 fully saturated rings. The lowest BCUT2D eigenvalue weighted by molar-refractivity contribution is 0.0645. The number of nitrogens with one attached hydrogen (secondary N) is 1. The molecule has 0 radical (unpaired) electrons. The lowest BCUT2D eigenvalue weighted by atomic mass is 10.0. The number of hydroxylamine groups is 1. The number of nitrogens with zero attached hydrogens (tertiary/aromatic N) is 2. The molecule has 0 aliphatic carbocycles. The van der Waals surface area contributed by atoms with Crippen LogP contribution in [0, 0.1) is 12.8 Å². The van der Waals surface area contributed by atoms with Crippen LogP contribution >= 0.6 is 22.7 Å². The molecule has 0 aromatic carbocycles. The van der Waals surface area contributed by atoms with E-state index >= 15 is 0 Å². The molecule has 1 unspecified atom stereocenters. The van der Waals surface area contributed by atoms with Crippen molar-refractivity contribution in [1.82, 2.24) is 15.3 Å². The Kier molecular flexibility index (Phi) is 6.34. The van der Waals surface area contributed by atoms with Crippen molar-refractivity contribution in [2.24, 2.45) is 5.92 Å². The van der Waals surface area contributed by atoms with E-state index in [2.05, 4.69) is 4.90 Å². The fourth-order valence-electron chi connectivity index (χ4n) is 4.45. The maximum absolute atomic E-state index is 12.6. The second kappa shape index (κ2) is 8.95. The van der Waals surface area contributed by atoms with Crippen LogP contribution in [0.2, 0.25) is 0 Å². The Labute approximate surface area is 179 Å². The van der Waals surface area contributed by atoms with Crippen LogP contribution in [0.25, 0.3) is 0 Å². The number of aryl methyl sites for hydroxylation is 1. The molecular weight excluding hydrogens is 406 g/mol. The van der Waals surface area contributed by atoms with E-state index in [9.17, 15) is 9.59 Å². The molecular formula is C21H27N3O3S2. The van der Waals surface area contributed by atoms with Crippen molar-refractivity contribution in [3.8, 4) is 0 Å². The number of thiophene rings is 2. The number of carbonyl (C=O) groups is 2. The van der Waals surface area contributed by atoms with Gasteiger partial charge in [-0.1, -0.05) is 0 Å². The number of piperidine rings is 1. The number of rotatable bonds is 5. The van der Waals surface area contributed by atoms with Gasteiger partial charge in [-0.2, -0.15) is 0 Å². The third-order valence-corrected chi connectivity index (χ3v) is 8.11. The molecule has 2 saturated heterocycles. The normalized spacial score (nSPS) is 20.9. The van der Waals surface area contributed by atoms with Crippen molar-refractivity contribution in [3.05, 3.63) is 43.8 Å². The Morgan fingerprint density at radius 1 is 1.07 bits per heavy atom. The molecule has 2 amide bonds. The van der Waals surface area contributed by atoms with Crippen molar-refractivity contribution in [3.63, 3.8) is 0 Å². The topological polar surface area (TPSA) is 72.9 Å². The molecule has 2 aromatic heterocycles. The van der Waals surface area contributed by atoms with Gasteiger partial charge in [0.15, 0.2) is 0 Å². The highest BCUT2D eigenvalue weighted by atomic mass is 32.1. The van der Waals surface area contributed by atoms with E-state index in [0.29, 0.717) is 16.8 Å². The zero-order valence-corrected chi connectivity index (χ0v) is 18.2. The van der Waals surface area contributed by atoms with Crippen LogP contribution in [-0.2, 0) is 6.42 Å². The van der Waals surface area contributed by atoms with Crippen LogP contribution in [0.4, 0.5) is 0 Å². The van der Waals surface area contributed by atoms with Gasteiger partial charge in [-0.05, 0) is 69.3 Å². The van der Waals surface area contributed by atoms with Gasteiger partial charge < -0.3 is 4.90 Å². The van der Waals surface area contributed by atoms with E-state index in [1.54, 1.807) is 22.9 Å². The summed E-state index contributed by atoms with van der Waals surface area (Å²) in [5, 5.41) is 8.76. The first-order chi connectivity index (χ1) is 14.0. The fraction of sp³-hybridized carbons (Fsp3) is 0.524. The SMILES string of the molecule is Cc1ccc(C(=O)N2CCC(N3CCC(Cc4ccc(C(=O)NO)s4)C3)CC2)s1. The summed E-state index contributed by atoms with van der Waals surface area (Å²) in [6.07, 6.45) is 4.24. The summed E-state index contributed by atoms with van der Waals surface area (Å²) in [6.45, 7) is 5.92. The van der Waals surface area contributed by atoms with E-state index in [1.807, 2.05) is 30.0 Å². The molecule has 2 aromatic rings. The van der Waals surface area contributed by atoms with Gasteiger partial charge in [-0.3, -0.25) is 19.7 Å². The van der Waals surface area contributed by atoms with Crippen LogP contribution in [-0.4, -0.2) is 59.0 Å². The van der Waals surface area contributed by atoms with Crippen molar-refractivity contribution in [1.29, 1.82) is 0 Å². The predicted molar refractivity (Wildman–Crippen MR) is 115 cm³/mol. The predicted octanol–water partition coefficient (Wildman–Crippen LogP) is 3.41. The van der Waals surface area contributed by atoms with Crippen molar-refractivity contribution in [2.45, 2.75) is 38.6 Å². The van der Waals surface area contributed by atoms with E-state index in [4.69, 9.17) is 5.21 Å². The summed E-state index contributed by atoms with van der Waals surface area (Å²) in [5.41, 5.74) is 1.70. The Morgan fingerprint density at radius 3 is 2.52 bits per heavy atom. The van der Waals surface area contributed by atoms with Gasteiger partial charge in [-0.25, -0.2) is 5.48 Å². The van der Waals surface area contributed by atoms with Gasteiger partial charge >= 0.3 is 0 Å². The minimum absolute atomic E-state index is 0.182. The smallest absolute Gasteiger partial charge is 0.284 e. The van der Waals surface area contributed by atoms with Gasteiger partial charge in [-0.15, -0.1) is 22.7 Å². The first-order valence-electron chi connectivity index (χ1n) is 10.2. The number of amides is 2. The Morgan fingerprint density at radius 2 is 1.83 bits per heavy atom. The highest BCUT2D eigenvalue weighted by Crippen LogP contribution is 2.29. The summed E-state index contributed by atoms with van der Waals surface area (Å²) >= 11 is 3.04. The first kappa shape index (κ1) is 20.5. The second-order valence-electron chi connectivity index (χ2n) is 7.99. The third-order valence-electron chi connectivity index (χ3n) is 6.01. The van der Waals surface area contributed by atoms with E-state index in [1.165, 1.54) is 27.5 Å². The Balaban J connectivity index is 1.25. The van der Waals surface area contributed by atoms with E-state index in [-0.39, 0.29) is 5.91 Å². The van der Waals surface area contributed by atoms with E-state index in [0.717, 1.165) is 50.3 Å². The molecule has 2 aliphatic heterocycles. The molecule has 4 heterocycles. The molecule has 156 valence electrons. The molecule has 4 rings (SSSR count). The van der Waals surface area contributed by atoms with Gasteiger partial charge in [0.25, 0.3) is 11.8 Å². The summed E-state index contributed by atoms with van der Waals surface area (Å²) in [7, 11) is 0. The molecule has 0 spiro atoms. The Bertz CT molecular complexity index is 870. The first-order valence-corrected chi connectivity index (χ1v) is 11.8. The summed E-state index contributed by atoms with van der Waals surface area (Å²) in [4.78, 5) is 32.5. The van der Waals surface area contributed by atoms with Crippen molar-refractivity contribution >= 4 is 34.5 Å². The van der Waals surface area contributed by atoms with Crippen LogP contribution in [0.1, 0.15) is 48.4 Å². The largest absolute Gasteiger partial charge is 0.338 e. The average molecular weight is 434 g/mol. The molecule has 8 heteroatoms. The third kappa shape index (κ3) is 4.71. The second-order valence-corrected chi connectivity index (χ2v) is 10.5. The molecule has 29 heavy (non-hydrogen) atoms. The minimum atomic E-state index is -0.437. The summed E-state index contributed by atoms with van der Waals surface area (Å²) < 4.78 is 0. The summed E-state index contributed by atoms with van der Waals surface area (Å²) in [5.74, 6) is 0.349. The lowest BCUT2D eigenvalue weighted by Crippen LogP contribution is -2.46. The van der Waals surface area contributed by atoms with Gasteiger partial charge in [0.1, 0.15) is 0 Å². The number of hydrogen-bond acceptors (Lipinski definition) is 6. The monoisotopic (exact) mass is 433 g/mol. The standard InChI is InChI=1S/C21H27N3O3S2/c1-14-2-4-19(28-14)21(26)23-10-7-16(8-11-23)24-9-6-15(13-24)12-17-3-5-18(29-17)20(25)22-27/h2-5,15-16,27H,6-13H2,1H3,(H,22,25). The maximum atomic E-state index is 12.6. The zero-order chi connectivity index (χ0) is 20.4. The number of carbonyl (C=O) groups excluding carboxylic acids is 2. The van der Waals surface area contributed by atoms with Crippen molar-refractivity contribution < 1.29 is 14.8 Å². The number of hydrogen-bond donors (Lipinski definition) is 2. The van der Waals surface area contributed by atoms with Crippen LogP contribution in [0.3, 0.4) is 0 Å². The maximum Gasteiger partial charge on any atom is 0.284 e. The van der Waals surface area contributed by atoms with Crippen molar-refractivity contribution in [2.75, 3.05) is 26.2 Å². The van der Waals surface area contributed by atoms with Gasteiger partial charge in [0, 0.05) is 35.4 Å². The molecule has 2 aliphatic rings. The van der Waals surface area contributed by atoms with Crippen LogP contribution in [0.5, 0.6) is 0 Å². The molecule has 2 N–H and O–H groups in total. The summed E-state index contributed by atoms with van der Waals surface area (Å²) in [6, 6.07) is 8.30. The van der Waals surface area contributed by atoms with Gasteiger partial charge in [0.05, 0.1) is 9.75 Å². The molecule has 6 nitrogen and oxygen atoms in total. The highest BCUT2D eigenvalue weighted by Gasteiger charge is 2.32. The highest BCUT2D eigenvalue weighted by molar-refractivity contribution is 7.14. The van der Waals surface area contributed by atoms with Crippen LogP contribution < -0.4 is 5.48 Å². The molecule has 0 bridgehead atoms. The minimum Gasteiger partial charge on any atom is -0.338 e. The number of likely N-dealkylation sites (tertiary alicyclic amines) is 2. The fourth-order valence-corrected chi connectivity index (χ4v) is 6.30. The molecule has 1 atom stereocenters. The van der Waals surface area contributed by atoms with Gasteiger partial charge in [0.2, 0.25) is 0 Å². The quantitative estimate of drug-likeness (QED) is 0.560. The molecule has 0 saturated carbocycles.